The molecule has 3 atom stereocenters. The molecule has 15 heavy (non-hydrogen) atoms. The molecule has 2 rings (SSSR count). The maximum absolute atomic E-state index is 11.7. The molecule has 1 N–H and O–H groups in total. The monoisotopic (exact) mass is 210 g/mol. The van der Waals surface area contributed by atoms with Gasteiger partial charge in [0.1, 0.15) is 0 Å². The third-order valence-corrected chi connectivity index (χ3v) is 4.52. The minimum atomic E-state index is -0.932. The second-order valence-electron chi connectivity index (χ2n) is 5.10. The predicted molar refractivity (Wildman–Crippen MR) is 51.2 cm³/mol. The van der Waals surface area contributed by atoms with Crippen LogP contribution < -0.4 is 0 Å². The van der Waals surface area contributed by atoms with Crippen molar-refractivity contribution in [1.82, 2.24) is 0 Å². The summed E-state index contributed by atoms with van der Waals surface area (Å²) in [6.07, 6.45) is 1.21. The molecule has 0 aromatic heterocycles. The predicted octanol–water partition coefficient (Wildman–Crippen LogP) is 1.04. The molecule has 0 saturated heterocycles. The number of ketones is 2. The second-order valence-corrected chi connectivity index (χ2v) is 5.10. The molecule has 0 aromatic carbocycles. The van der Waals surface area contributed by atoms with Crippen molar-refractivity contribution in [2.75, 3.05) is 0 Å². The molecule has 2 bridgehead atoms. The molecule has 2 fully saturated rings. The number of hydrogen-bond acceptors (Lipinski definition) is 3. The van der Waals surface area contributed by atoms with Crippen molar-refractivity contribution in [1.29, 1.82) is 0 Å². The van der Waals surface area contributed by atoms with Crippen molar-refractivity contribution in [2.45, 2.75) is 33.1 Å². The first kappa shape index (κ1) is 10.3. The Morgan fingerprint density at radius 1 is 1.47 bits per heavy atom. The summed E-state index contributed by atoms with van der Waals surface area (Å²) in [5.41, 5.74) is -1.42. The van der Waals surface area contributed by atoms with E-state index in [0.717, 1.165) is 0 Å². The van der Waals surface area contributed by atoms with Gasteiger partial charge in [-0.25, -0.2) is 0 Å². The third kappa shape index (κ3) is 0.994. The number of Topliss-reactive ketones (excluding diaryl/α,β-unsaturated/α-hetero) is 2. The van der Waals surface area contributed by atoms with Gasteiger partial charge in [0.05, 0.1) is 6.42 Å². The smallest absolute Gasteiger partial charge is 0.303 e. The fraction of sp³-hybridized carbons (Fsp3) is 0.727. The number of hydrogen-bond donors (Lipinski definition) is 1. The average molecular weight is 210 g/mol. The van der Waals surface area contributed by atoms with E-state index >= 15 is 0 Å². The molecule has 2 aliphatic carbocycles. The third-order valence-electron chi connectivity index (χ3n) is 4.52. The highest BCUT2D eigenvalue weighted by Gasteiger charge is 2.68. The zero-order valence-corrected chi connectivity index (χ0v) is 8.87. The zero-order valence-electron chi connectivity index (χ0n) is 8.87. The summed E-state index contributed by atoms with van der Waals surface area (Å²) in [6.45, 7) is 3.50. The first-order valence-electron chi connectivity index (χ1n) is 5.13. The molecule has 0 heterocycles. The van der Waals surface area contributed by atoms with Gasteiger partial charge < -0.3 is 5.11 Å². The number of carboxylic acid groups (broad SMARTS) is 1. The number of rotatable bonds is 2. The lowest BCUT2D eigenvalue weighted by atomic mass is 9.67. The summed E-state index contributed by atoms with van der Waals surface area (Å²) in [7, 11) is 0. The van der Waals surface area contributed by atoms with Gasteiger partial charge in [0, 0.05) is 16.7 Å². The maximum atomic E-state index is 11.7. The second kappa shape index (κ2) is 2.68. The Kier molecular flexibility index (Phi) is 1.85. The fourth-order valence-corrected chi connectivity index (χ4v) is 3.28. The van der Waals surface area contributed by atoms with Crippen molar-refractivity contribution < 1.29 is 19.5 Å². The van der Waals surface area contributed by atoms with Gasteiger partial charge in [-0.05, 0) is 12.8 Å². The van der Waals surface area contributed by atoms with Gasteiger partial charge in [-0.3, -0.25) is 14.4 Å². The molecular weight excluding hydrogens is 196 g/mol. The summed E-state index contributed by atoms with van der Waals surface area (Å²) in [4.78, 5) is 34.2. The van der Waals surface area contributed by atoms with E-state index in [1.807, 2.05) is 0 Å². The van der Waals surface area contributed by atoms with Crippen molar-refractivity contribution >= 4 is 17.5 Å². The van der Waals surface area contributed by atoms with Crippen LogP contribution in [0.3, 0.4) is 0 Å². The van der Waals surface area contributed by atoms with E-state index < -0.39 is 16.8 Å². The molecule has 0 aromatic rings. The van der Waals surface area contributed by atoms with E-state index in [-0.39, 0.29) is 23.9 Å². The number of aliphatic carboxylic acids is 1. The largest absolute Gasteiger partial charge is 0.481 e. The van der Waals surface area contributed by atoms with E-state index in [1.54, 1.807) is 13.8 Å². The summed E-state index contributed by atoms with van der Waals surface area (Å²) < 4.78 is 0. The van der Waals surface area contributed by atoms with Crippen LogP contribution in [0.1, 0.15) is 33.1 Å². The highest BCUT2D eigenvalue weighted by atomic mass is 16.4. The molecule has 2 saturated carbocycles. The number of carbonyl (C=O) groups is 3. The van der Waals surface area contributed by atoms with Gasteiger partial charge in [-0.2, -0.15) is 0 Å². The zero-order chi connectivity index (χ0) is 11.4. The minimum Gasteiger partial charge on any atom is -0.481 e. The van der Waals surface area contributed by atoms with E-state index in [9.17, 15) is 14.4 Å². The standard InChI is InChI=1S/C11H14O4/c1-10-4-3-6(8(14)9(10)15)11(10,2)5-7(12)13/h6H,3-5H2,1-2H3,(H,12,13)/t6-,10-,11-/m1/s1. The highest BCUT2D eigenvalue weighted by Crippen LogP contribution is 2.63. The van der Waals surface area contributed by atoms with Gasteiger partial charge in [0.15, 0.2) is 0 Å². The van der Waals surface area contributed by atoms with E-state index in [4.69, 9.17) is 5.11 Å². The summed E-state index contributed by atoms with van der Waals surface area (Å²) in [5.74, 6) is -2.01. The first-order chi connectivity index (χ1) is 6.83. The number of carbonyl (C=O) groups excluding carboxylic acids is 2. The Balaban J connectivity index is 2.46. The Labute approximate surface area is 87.7 Å². The van der Waals surface area contributed by atoms with Crippen LogP contribution in [0.2, 0.25) is 0 Å². The summed E-state index contributed by atoms with van der Waals surface area (Å²) >= 11 is 0. The summed E-state index contributed by atoms with van der Waals surface area (Å²) in [5, 5.41) is 8.87. The van der Waals surface area contributed by atoms with Gasteiger partial charge in [0.25, 0.3) is 0 Å². The Hall–Kier alpha value is -1.19. The van der Waals surface area contributed by atoms with Crippen molar-refractivity contribution in [3.8, 4) is 0 Å². The molecule has 0 unspecified atom stereocenters. The van der Waals surface area contributed by atoms with Gasteiger partial charge in [-0.1, -0.05) is 13.8 Å². The molecular formula is C11H14O4. The average Bonchev–Trinajstić information content (AvgIpc) is 2.42. The van der Waals surface area contributed by atoms with Crippen LogP contribution in [-0.2, 0) is 14.4 Å². The molecule has 0 spiro atoms. The first-order valence-corrected chi connectivity index (χ1v) is 5.13. The minimum absolute atomic E-state index is 0.0916. The molecule has 0 amide bonds. The van der Waals surface area contributed by atoms with Crippen LogP contribution in [0.5, 0.6) is 0 Å². The topological polar surface area (TPSA) is 71.4 Å². The number of fused-ring (bicyclic) bond motifs is 2. The van der Waals surface area contributed by atoms with Crippen LogP contribution in [0.15, 0.2) is 0 Å². The van der Waals surface area contributed by atoms with Crippen molar-refractivity contribution in [3.05, 3.63) is 0 Å². The fourth-order valence-electron chi connectivity index (χ4n) is 3.28. The maximum Gasteiger partial charge on any atom is 0.303 e. The lowest BCUT2D eigenvalue weighted by Crippen LogP contribution is -2.37. The van der Waals surface area contributed by atoms with Crippen LogP contribution in [0.4, 0.5) is 0 Å². The molecule has 4 nitrogen and oxygen atoms in total. The lowest BCUT2D eigenvalue weighted by molar-refractivity contribution is -0.143. The van der Waals surface area contributed by atoms with Crippen LogP contribution in [-0.4, -0.2) is 22.6 Å². The normalized spacial score (nSPS) is 43.7. The number of carboxylic acids is 1. The van der Waals surface area contributed by atoms with Crippen LogP contribution in [0, 0.1) is 16.7 Å². The van der Waals surface area contributed by atoms with E-state index in [0.29, 0.717) is 12.8 Å². The molecule has 82 valence electrons. The Morgan fingerprint density at radius 3 is 2.47 bits per heavy atom. The van der Waals surface area contributed by atoms with Crippen molar-refractivity contribution in [2.24, 2.45) is 16.7 Å². The van der Waals surface area contributed by atoms with Crippen molar-refractivity contribution in [3.63, 3.8) is 0 Å². The van der Waals surface area contributed by atoms with E-state index in [2.05, 4.69) is 0 Å². The van der Waals surface area contributed by atoms with Gasteiger partial charge in [-0.15, -0.1) is 0 Å². The Bertz CT molecular complexity index is 373. The molecule has 4 heteroatoms. The lowest BCUT2D eigenvalue weighted by Gasteiger charge is -2.34. The molecule has 2 aliphatic rings. The molecule has 0 radical (unpaired) electrons. The quantitative estimate of drug-likeness (QED) is 0.691. The van der Waals surface area contributed by atoms with Crippen LogP contribution >= 0.6 is 0 Å². The Morgan fingerprint density at radius 2 is 2.07 bits per heavy atom. The SMILES string of the molecule is C[C@@]12CC[C@H](C(=O)C1=O)[C@@]2(C)CC(=O)O. The summed E-state index contributed by atoms with van der Waals surface area (Å²) in [6, 6.07) is 0. The van der Waals surface area contributed by atoms with Crippen LogP contribution in [0.25, 0.3) is 0 Å². The molecule has 0 aliphatic heterocycles. The van der Waals surface area contributed by atoms with Gasteiger partial charge in [0.2, 0.25) is 11.6 Å². The van der Waals surface area contributed by atoms with Gasteiger partial charge >= 0.3 is 5.97 Å². The van der Waals surface area contributed by atoms with E-state index in [1.165, 1.54) is 0 Å². The highest BCUT2D eigenvalue weighted by molar-refractivity contribution is 6.43.